The number of hydrogen-bond acceptors (Lipinski definition) is 5. The maximum atomic E-state index is 12.7. The smallest absolute Gasteiger partial charge is 0.293 e. The third-order valence-corrected chi connectivity index (χ3v) is 4.93. The fourth-order valence-corrected chi connectivity index (χ4v) is 3.55. The van der Waals surface area contributed by atoms with Gasteiger partial charge in [-0.2, -0.15) is 0 Å². The first-order chi connectivity index (χ1) is 12.5. The van der Waals surface area contributed by atoms with E-state index in [0.717, 1.165) is 22.9 Å². The van der Waals surface area contributed by atoms with Crippen LogP contribution in [0, 0.1) is 6.92 Å². The predicted octanol–water partition coefficient (Wildman–Crippen LogP) is 4.25. The van der Waals surface area contributed by atoms with Crippen LogP contribution in [0.15, 0.2) is 47.4 Å². The highest BCUT2D eigenvalue weighted by molar-refractivity contribution is 8.18. The van der Waals surface area contributed by atoms with Crippen molar-refractivity contribution < 1.29 is 19.1 Å². The summed E-state index contributed by atoms with van der Waals surface area (Å²) in [6.07, 6.45) is 1.67. The molecule has 3 rings (SSSR count). The topological polar surface area (TPSA) is 55.8 Å². The normalized spacial score (nSPS) is 15.7. The minimum atomic E-state index is -0.300. The largest absolute Gasteiger partial charge is 0.497 e. The molecule has 1 aliphatic heterocycles. The van der Waals surface area contributed by atoms with E-state index in [9.17, 15) is 9.59 Å². The minimum Gasteiger partial charge on any atom is -0.497 e. The van der Waals surface area contributed by atoms with Crippen molar-refractivity contribution in [3.63, 3.8) is 0 Å². The van der Waals surface area contributed by atoms with E-state index in [2.05, 4.69) is 0 Å². The molecule has 1 aliphatic rings. The molecule has 0 unspecified atom stereocenters. The average molecular weight is 369 g/mol. The summed E-state index contributed by atoms with van der Waals surface area (Å²) in [5, 5.41) is -0.274. The lowest BCUT2D eigenvalue weighted by Crippen LogP contribution is -2.27. The molecule has 26 heavy (non-hydrogen) atoms. The van der Waals surface area contributed by atoms with E-state index < -0.39 is 0 Å². The molecule has 0 radical (unpaired) electrons. The maximum Gasteiger partial charge on any atom is 0.293 e. The number of imide groups is 1. The Kier molecular flexibility index (Phi) is 5.32. The highest BCUT2D eigenvalue weighted by atomic mass is 32.2. The zero-order valence-electron chi connectivity index (χ0n) is 14.8. The van der Waals surface area contributed by atoms with Gasteiger partial charge < -0.3 is 9.47 Å². The summed E-state index contributed by atoms with van der Waals surface area (Å²) >= 11 is 0.935. The monoisotopic (exact) mass is 369 g/mol. The molecule has 0 bridgehead atoms. The van der Waals surface area contributed by atoms with E-state index >= 15 is 0 Å². The Labute approximate surface area is 156 Å². The summed E-state index contributed by atoms with van der Waals surface area (Å²) in [5.74, 6) is 0.957. The number of ether oxygens (including phenoxy) is 2. The number of aryl methyl sites for hydroxylation is 1. The maximum absolute atomic E-state index is 12.7. The SMILES string of the molecule is COc1ccc(OC)c(/C=C2\SC(=O)N(Cc3cccc(C)c3)C2=O)c1. The number of rotatable bonds is 5. The molecule has 2 aromatic rings. The number of methoxy groups -OCH3 is 2. The highest BCUT2D eigenvalue weighted by Crippen LogP contribution is 2.35. The van der Waals surface area contributed by atoms with Gasteiger partial charge in [0.2, 0.25) is 0 Å². The van der Waals surface area contributed by atoms with Crippen molar-refractivity contribution in [3.05, 3.63) is 64.1 Å². The molecule has 1 heterocycles. The molecule has 2 amide bonds. The van der Waals surface area contributed by atoms with Crippen molar-refractivity contribution in [1.82, 2.24) is 4.90 Å². The summed E-state index contributed by atoms with van der Waals surface area (Å²) < 4.78 is 10.6. The fourth-order valence-electron chi connectivity index (χ4n) is 2.72. The molecule has 0 aliphatic carbocycles. The molecule has 1 saturated heterocycles. The first-order valence-electron chi connectivity index (χ1n) is 8.04. The Morgan fingerprint density at radius 2 is 1.88 bits per heavy atom. The van der Waals surface area contributed by atoms with Crippen LogP contribution < -0.4 is 9.47 Å². The van der Waals surface area contributed by atoms with E-state index in [1.54, 1.807) is 38.5 Å². The van der Waals surface area contributed by atoms with Crippen LogP contribution >= 0.6 is 11.8 Å². The fraction of sp³-hybridized carbons (Fsp3) is 0.200. The van der Waals surface area contributed by atoms with E-state index in [0.29, 0.717) is 22.0 Å². The molecule has 0 atom stereocenters. The molecule has 134 valence electrons. The van der Waals surface area contributed by atoms with E-state index in [1.807, 2.05) is 31.2 Å². The quantitative estimate of drug-likeness (QED) is 0.738. The van der Waals surface area contributed by atoms with Crippen LogP contribution in [0.4, 0.5) is 4.79 Å². The molecule has 0 saturated carbocycles. The van der Waals surface area contributed by atoms with Crippen LogP contribution in [0.2, 0.25) is 0 Å². The van der Waals surface area contributed by atoms with Gasteiger partial charge in [0.05, 0.1) is 25.7 Å². The number of carbonyl (C=O) groups excluding carboxylic acids is 2. The number of nitrogens with zero attached hydrogens (tertiary/aromatic N) is 1. The average Bonchev–Trinajstić information content (AvgIpc) is 2.89. The van der Waals surface area contributed by atoms with Gasteiger partial charge in [-0.25, -0.2) is 0 Å². The second kappa shape index (κ2) is 7.66. The van der Waals surface area contributed by atoms with Gasteiger partial charge in [0.25, 0.3) is 11.1 Å². The number of amides is 2. The van der Waals surface area contributed by atoms with Crippen LogP contribution in [0.25, 0.3) is 6.08 Å². The zero-order chi connectivity index (χ0) is 18.7. The van der Waals surface area contributed by atoms with Crippen LogP contribution in [-0.4, -0.2) is 30.3 Å². The summed E-state index contributed by atoms with van der Waals surface area (Å²) in [6, 6.07) is 13.1. The van der Waals surface area contributed by atoms with Crippen molar-refractivity contribution in [1.29, 1.82) is 0 Å². The summed E-state index contributed by atoms with van der Waals surface area (Å²) in [4.78, 5) is 26.7. The van der Waals surface area contributed by atoms with Crippen molar-refractivity contribution in [2.75, 3.05) is 14.2 Å². The number of benzene rings is 2. The molecule has 1 fully saturated rings. The van der Waals surface area contributed by atoms with Gasteiger partial charge in [0.15, 0.2) is 0 Å². The minimum absolute atomic E-state index is 0.263. The van der Waals surface area contributed by atoms with Gasteiger partial charge in [-0.15, -0.1) is 0 Å². The Morgan fingerprint density at radius 1 is 1.08 bits per heavy atom. The Bertz CT molecular complexity index is 891. The molecule has 5 nitrogen and oxygen atoms in total. The Balaban J connectivity index is 1.88. The van der Waals surface area contributed by atoms with Crippen LogP contribution in [0.3, 0.4) is 0 Å². The van der Waals surface area contributed by atoms with Crippen LogP contribution in [0.5, 0.6) is 11.5 Å². The predicted molar refractivity (Wildman–Crippen MR) is 102 cm³/mol. The Hall–Kier alpha value is -2.73. The molecule has 0 N–H and O–H groups in total. The van der Waals surface area contributed by atoms with Crippen molar-refractivity contribution in [3.8, 4) is 11.5 Å². The second-order valence-corrected chi connectivity index (χ2v) is 6.86. The van der Waals surface area contributed by atoms with E-state index in [4.69, 9.17) is 9.47 Å². The van der Waals surface area contributed by atoms with Crippen molar-refractivity contribution in [2.45, 2.75) is 13.5 Å². The van der Waals surface area contributed by atoms with Crippen LogP contribution in [-0.2, 0) is 11.3 Å². The second-order valence-electron chi connectivity index (χ2n) is 5.86. The molecular formula is C20H19NO4S. The van der Waals surface area contributed by atoms with Gasteiger partial charge >= 0.3 is 0 Å². The molecular weight excluding hydrogens is 350 g/mol. The van der Waals surface area contributed by atoms with Gasteiger partial charge in [-0.3, -0.25) is 14.5 Å². The number of hydrogen-bond donors (Lipinski definition) is 0. The number of thioether (sulfide) groups is 1. The van der Waals surface area contributed by atoms with Gasteiger partial charge in [-0.05, 0) is 48.5 Å². The van der Waals surface area contributed by atoms with E-state index in [1.165, 1.54) is 4.90 Å². The zero-order valence-corrected chi connectivity index (χ0v) is 15.6. The van der Waals surface area contributed by atoms with Crippen molar-refractivity contribution in [2.24, 2.45) is 0 Å². The highest BCUT2D eigenvalue weighted by Gasteiger charge is 2.35. The van der Waals surface area contributed by atoms with Gasteiger partial charge in [-0.1, -0.05) is 29.8 Å². The van der Waals surface area contributed by atoms with Gasteiger partial charge in [0.1, 0.15) is 11.5 Å². The molecule has 2 aromatic carbocycles. The lowest BCUT2D eigenvalue weighted by molar-refractivity contribution is -0.123. The number of carbonyl (C=O) groups is 2. The third kappa shape index (κ3) is 3.75. The lowest BCUT2D eigenvalue weighted by Gasteiger charge is -2.13. The van der Waals surface area contributed by atoms with Crippen LogP contribution in [0.1, 0.15) is 16.7 Å². The molecule has 0 spiro atoms. The summed E-state index contributed by atoms with van der Waals surface area (Å²) in [5.41, 5.74) is 2.70. The third-order valence-electron chi connectivity index (χ3n) is 4.02. The summed E-state index contributed by atoms with van der Waals surface area (Å²) in [7, 11) is 3.13. The first-order valence-corrected chi connectivity index (χ1v) is 8.86. The first kappa shape index (κ1) is 18.1. The standard InChI is InChI=1S/C20H19NO4S/c1-13-5-4-6-14(9-13)12-21-19(22)18(26-20(21)23)11-15-10-16(24-2)7-8-17(15)25-3/h4-11H,12H2,1-3H3/b18-11-. The van der Waals surface area contributed by atoms with E-state index in [-0.39, 0.29) is 17.7 Å². The lowest BCUT2D eigenvalue weighted by atomic mass is 10.1. The van der Waals surface area contributed by atoms with Gasteiger partial charge in [0, 0.05) is 5.56 Å². The Morgan fingerprint density at radius 3 is 2.58 bits per heavy atom. The summed E-state index contributed by atoms with van der Waals surface area (Å²) in [6.45, 7) is 2.24. The van der Waals surface area contributed by atoms with Crippen molar-refractivity contribution >= 4 is 29.0 Å². The molecule has 0 aromatic heterocycles. The molecule has 6 heteroatoms.